The van der Waals surface area contributed by atoms with Gasteiger partial charge >= 0.3 is 0 Å². The standard InChI is InChI=1S/C26H43N3O2S/c1-7-27-23(30)11-9-8-10-20(2)24-25(31-24)22-14-12-21(13-15-22)18-28(5)16-17-29(6)19-26(3,4)32/h9,11-15,20,24-25,32H,7-8,10,16-19H2,1-6H3,(H,27,30)/b11-9+/t20?,24-,25?/m1/s1. The summed E-state index contributed by atoms with van der Waals surface area (Å²) in [5.41, 5.74) is 2.59. The molecule has 32 heavy (non-hydrogen) atoms. The molecule has 1 N–H and O–H groups in total. The number of allylic oxidation sites excluding steroid dienone is 1. The van der Waals surface area contributed by atoms with Crippen molar-refractivity contribution in [1.82, 2.24) is 15.1 Å². The van der Waals surface area contributed by atoms with Gasteiger partial charge in [0.15, 0.2) is 0 Å². The number of carbonyl (C=O) groups is 1. The van der Waals surface area contributed by atoms with E-state index < -0.39 is 0 Å². The van der Waals surface area contributed by atoms with Crippen LogP contribution in [0.4, 0.5) is 0 Å². The van der Waals surface area contributed by atoms with Gasteiger partial charge in [-0.1, -0.05) is 37.3 Å². The molecule has 3 atom stereocenters. The van der Waals surface area contributed by atoms with Gasteiger partial charge in [0.25, 0.3) is 0 Å². The molecule has 1 amide bonds. The van der Waals surface area contributed by atoms with Crippen LogP contribution < -0.4 is 5.32 Å². The minimum absolute atomic E-state index is 0.0138. The fourth-order valence-corrected chi connectivity index (χ4v) is 4.30. The Morgan fingerprint density at radius 1 is 1.22 bits per heavy atom. The van der Waals surface area contributed by atoms with Crippen LogP contribution in [0.25, 0.3) is 0 Å². The number of rotatable bonds is 14. The van der Waals surface area contributed by atoms with Crippen molar-refractivity contribution >= 4 is 18.5 Å². The van der Waals surface area contributed by atoms with Crippen molar-refractivity contribution in [2.24, 2.45) is 5.92 Å². The molecule has 5 nitrogen and oxygen atoms in total. The SMILES string of the molecule is CCNC(=O)/C=C/CCC(C)[C@H]1OC1c1ccc(CN(C)CCN(C)CC(C)(C)S)cc1. The quantitative estimate of drug-likeness (QED) is 0.246. The number of nitrogens with one attached hydrogen (secondary N) is 1. The fraction of sp³-hybridized carbons (Fsp3) is 0.654. The van der Waals surface area contributed by atoms with Gasteiger partial charge in [-0.25, -0.2) is 0 Å². The summed E-state index contributed by atoms with van der Waals surface area (Å²) in [6, 6.07) is 8.88. The van der Waals surface area contributed by atoms with E-state index in [1.54, 1.807) is 6.08 Å². The van der Waals surface area contributed by atoms with Crippen molar-refractivity contribution in [2.45, 2.75) is 64.0 Å². The van der Waals surface area contributed by atoms with Gasteiger partial charge in [0.2, 0.25) is 5.91 Å². The highest BCUT2D eigenvalue weighted by Gasteiger charge is 2.43. The van der Waals surface area contributed by atoms with E-state index in [1.807, 2.05) is 13.0 Å². The molecule has 6 heteroatoms. The van der Waals surface area contributed by atoms with Crippen LogP contribution in [0, 0.1) is 5.92 Å². The minimum atomic E-state index is -0.0138. The molecule has 180 valence electrons. The molecular weight excluding hydrogens is 418 g/mol. The Morgan fingerprint density at radius 3 is 2.50 bits per heavy atom. The predicted octanol–water partition coefficient (Wildman–Crippen LogP) is 4.31. The van der Waals surface area contributed by atoms with Gasteiger partial charge in [0, 0.05) is 37.5 Å². The molecule has 0 bridgehead atoms. The van der Waals surface area contributed by atoms with E-state index in [-0.39, 0.29) is 22.9 Å². The Labute approximate surface area is 201 Å². The lowest BCUT2D eigenvalue weighted by atomic mass is 9.96. The van der Waals surface area contributed by atoms with Crippen molar-refractivity contribution in [3.05, 3.63) is 47.5 Å². The lowest BCUT2D eigenvalue weighted by molar-refractivity contribution is -0.116. The molecule has 0 aliphatic carbocycles. The molecule has 0 spiro atoms. The highest BCUT2D eigenvalue weighted by Crippen LogP contribution is 2.44. The summed E-state index contributed by atoms with van der Waals surface area (Å²) >= 11 is 4.62. The molecule has 1 aromatic carbocycles. The molecule has 0 aromatic heterocycles. The molecular formula is C26H43N3O2S. The van der Waals surface area contributed by atoms with Crippen molar-refractivity contribution in [1.29, 1.82) is 0 Å². The van der Waals surface area contributed by atoms with E-state index in [4.69, 9.17) is 4.74 Å². The van der Waals surface area contributed by atoms with Gasteiger partial charge in [0.05, 0.1) is 6.10 Å². The second-order valence-corrected chi connectivity index (χ2v) is 11.1. The molecule has 1 aliphatic rings. The maximum Gasteiger partial charge on any atom is 0.243 e. The molecule has 0 saturated carbocycles. The van der Waals surface area contributed by atoms with Crippen molar-refractivity contribution < 1.29 is 9.53 Å². The summed E-state index contributed by atoms with van der Waals surface area (Å²) < 4.78 is 6.01. The monoisotopic (exact) mass is 461 g/mol. The Bertz CT molecular complexity index is 730. The first-order valence-electron chi connectivity index (χ1n) is 11.9. The molecule has 2 unspecified atom stereocenters. The topological polar surface area (TPSA) is 48.1 Å². The second-order valence-electron chi connectivity index (χ2n) is 9.90. The van der Waals surface area contributed by atoms with Crippen LogP contribution in [-0.4, -0.2) is 66.8 Å². The van der Waals surface area contributed by atoms with Crippen LogP contribution >= 0.6 is 12.6 Å². The van der Waals surface area contributed by atoms with Crippen molar-refractivity contribution in [2.75, 3.05) is 40.3 Å². The number of epoxide rings is 1. The maximum atomic E-state index is 11.5. The Morgan fingerprint density at radius 2 is 1.88 bits per heavy atom. The lowest BCUT2D eigenvalue weighted by Gasteiger charge is -2.27. The number of ether oxygens (including phenoxy) is 1. The fourth-order valence-electron chi connectivity index (χ4n) is 4.06. The van der Waals surface area contributed by atoms with E-state index in [0.717, 1.165) is 39.0 Å². The summed E-state index contributed by atoms with van der Waals surface area (Å²) in [5, 5.41) is 2.77. The summed E-state index contributed by atoms with van der Waals surface area (Å²) in [6.07, 6.45) is 6.02. The third-order valence-corrected chi connectivity index (χ3v) is 5.92. The summed E-state index contributed by atoms with van der Waals surface area (Å²) in [6.45, 7) is 13.1. The van der Waals surface area contributed by atoms with E-state index >= 15 is 0 Å². The maximum absolute atomic E-state index is 11.5. The van der Waals surface area contributed by atoms with Gasteiger partial charge in [-0.15, -0.1) is 0 Å². The molecule has 1 saturated heterocycles. The van der Waals surface area contributed by atoms with Crippen molar-refractivity contribution in [3.8, 4) is 0 Å². The summed E-state index contributed by atoms with van der Waals surface area (Å²) in [5.74, 6) is 0.462. The highest BCUT2D eigenvalue weighted by molar-refractivity contribution is 7.81. The number of benzene rings is 1. The highest BCUT2D eigenvalue weighted by atomic mass is 32.1. The molecule has 0 radical (unpaired) electrons. The first-order valence-corrected chi connectivity index (χ1v) is 12.3. The van der Waals surface area contributed by atoms with Crippen LogP contribution in [0.1, 0.15) is 57.8 Å². The van der Waals surface area contributed by atoms with Gasteiger partial charge in [-0.2, -0.15) is 12.6 Å². The smallest absolute Gasteiger partial charge is 0.243 e. The Balaban J connectivity index is 1.71. The normalized spacial score (nSPS) is 19.7. The molecule has 1 aromatic rings. The first-order chi connectivity index (χ1) is 15.1. The van der Waals surface area contributed by atoms with Gasteiger partial charge in [-0.3, -0.25) is 4.79 Å². The van der Waals surface area contributed by atoms with Gasteiger partial charge in [0.1, 0.15) is 6.10 Å². The number of thiol groups is 1. The molecule has 2 rings (SSSR count). The zero-order valence-corrected chi connectivity index (χ0v) is 21.7. The second kappa shape index (κ2) is 12.8. The Hall–Kier alpha value is -1.34. The molecule has 1 heterocycles. The van der Waals surface area contributed by atoms with Crippen LogP contribution in [-0.2, 0) is 16.1 Å². The van der Waals surface area contributed by atoms with E-state index in [9.17, 15) is 4.79 Å². The Kier molecular flexibility index (Phi) is 10.7. The summed E-state index contributed by atoms with van der Waals surface area (Å²) in [7, 11) is 4.34. The van der Waals surface area contributed by atoms with E-state index in [2.05, 4.69) is 86.9 Å². The largest absolute Gasteiger partial charge is 0.364 e. The predicted molar refractivity (Wildman–Crippen MR) is 137 cm³/mol. The zero-order valence-electron chi connectivity index (χ0n) is 20.8. The van der Waals surface area contributed by atoms with E-state index in [0.29, 0.717) is 12.5 Å². The third-order valence-electron chi connectivity index (χ3n) is 5.78. The number of likely N-dealkylation sites (N-methyl/N-ethyl adjacent to an activating group) is 3. The van der Waals surface area contributed by atoms with Crippen LogP contribution in [0.3, 0.4) is 0 Å². The number of hydrogen-bond donors (Lipinski definition) is 2. The van der Waals surface area contributed by atoms with Crippen LogP contribution in [0.2, 0.25) is 0 Å². The first kappa shape index (κ1) is 26.9. The lowest BCUT2D eigenvalue weighted by Crippen LogP contribution is -2.37. The van der Waals surface area contributed by atoms with E-state index in [1.165, 1.54) is 11.1 Å². The number of hydrogen-bond acceptors (Lipinski definition) is 5. The van der Waals surface area contributed by atoms with Crippen molar-refractivity contribution in [3.63, 3.8) is 0 Å². The molecule has 1 aliphatic heterocycles. The number of carbonyl (C=O) groups excluding carboxylic acids is 1. The number of amides is 1. The third kappa shape index (κ3) is 10.1. The average molecular weight is 462 g/mol. The number of nitrogens with zero attached hydrogens (tertiary/aromatic N) is 2. The van der Waals surface area contributed by atoms with Crippen LogP contribution in [0.15, 0.2) is 36.4 Å². The van der Waals surface area contributed by atoms with Gasteiger partial charge < -0.3 is 19.9 Å². The molecule has 1 fully saturated rings. The average Bonchev–Trinajstić information content (AvgIpc) is 3.50. The zero-order chi connectivity index (χ0) is 23.7. The minimum Gasteiger partial charge on any atom is -0.364 e. The van der Waals surface area contributed by atoms with Crippen LogP contribution in [0.5, 0.6) is 0 Å². The van der Waals surface area contributed by atoms with Gasteiger partial charge in [-0.05, 0) is 70.8 Å². The summed E-state index contributed by atoms with van der Waals surface area (Å²) in [4.78, 5) is 16.2.